The number of ether oxygens (including phenoxy) is 2. The largest absolute Gasteiger partial charge is 0.360 e. The fourth-order valence-corrected chi connectivity index (χ4v) is 1.38. The summed E-state index contributed by atoms with van der Waals surface area (Å²) in [5.74, 6) is 0.0324. The lowest BCUT2D eigenvalue weighted by atomic mass is 10.6. The van der Waals surface area contributed by atoms with E-state index in [1.54, 1.807) is 14.2 Å². The van der Waals surface area contributed by atoms with Gasteiger partial charge in [-0.15, -0.1) is 0 Å². The van der Waals surface area contributed by atoms with Crippen molar-refractivity contribution in [2.45, 2.75) is 25.3 Å². The average Bonchev–Trinajstić information content (AvgIpc) is 1.91. The Hall–Kier alpha value is 0.137. The van der Waals surface area contributed by atoms with Crippen molar-refractivity contribution in [3.8, 4) is 0 Å². The molecule has 0 rings (SSSR count). The Morgan fingerprint density at radius 1 is 1.33 bits per heavy atom. The van der Waals surface area contributed by atoms with E-state index in [-0.39, 0.29) is 5.91 Å². The molecular weight excluding hydrogens is 132 g/mol. The maximum Gasteiger partial charge on any atom is 0.136 e. The third-order valence-corrected chi connectivity index (χ3v) is 2.58. The van der Waals surface area contributed by atoms with Gasteiger partial charge < -0.3 is 9.47 Å². The quantitative estimate of drug-likeness (QED) is 0.427. The predicted octanol–water partition coefficient (Wildman–Crippen LogP) is 1.10. The Balaban J connectivity index is 3.09. The maximum absolute atomic E-state index is 4.99. The molecule has 0 aromatic heterocycles. The molecule has 0 aliphatic rings. The molecule has 0 heterocycles. The second kappa shape index (κ2) is 6.26. The molecule has 54 valence electrons. The van der Waals surface area contributed by atoms with E-state index in [9.17, 15) is 0 Å². The Bertz CT molecular complexity index is 55.0. The van der Waals surface area contributed by atoms with Gasteiger partial charge in [-0.3, -0.25) is 0 Å². The van der Waals surface area contributed by atoms with Crippen molar-refractivity contribution < 1.29 is 9.47 Å². The fraction of sp³-hybridized carbons (Fsp3) is 1.00. The van der Waals surface area contributed by atoms with Crippen molar-refractivity contribution >= 4 is 9.52 Å². The molecule has 0 saturated carbocycles. The molecule has 0 aliphatic heterocycles. The third kappa shape index (κ3) is 4.63. The first-order valence-electron chi connectivity index (χ1n) is 3.14. The molecule has 0 unspecified atom stereocenters. The maximum atomic E-state index is 4.99. The lowest BCUT2D eigenvalue weighted by molar-refractivity contribution is -0.0441. The predicted molar refractivity (Wildman–Crippen MR) is 38.7 cm³/mol. The second-order valence-electron chi connectivity index (χ2n) is 1.76. The molecule has 0 saturated heterocycles. The van der Waals surface area contributed by atoms with Gasteiger partial charge in [-0.05, 0) is 0 Å². The molecule has 9 heavy (non-hydrogen) atoms. The van der Waals surface area contributed by atoms with E-state index in [4.69, 9.17) is 9.47 Å². The SMILES string of the molecule is CCC[Si]C(OC)OC. The van der Waals surface area contributed by atoms with Crippen LogP contribution in [0.1, 0.15) is 13.3 Å². The number of hydrogen-bond donors (Lipinski definition) is 0. The van der Waals surface area contributed by atoms with E-state index in [2.05, 4.69) is 6.92 Å². The van der Waals surface area contributed by atoms with Gasteiger partial charge in [-0.25, -0.2) is 0 Å². The normalized spacial score (nSPS) is 10.7. The van der Waals surface area contributed by atoms with Gasteiger partial charge in [-0.2, -0.15) is 0 Å². The smallest absolute Gasteiger partial charge is 0.136 e. The minimum atomic E-state index is 0.0324. The Labute approximate surface area is 59.4 Å². The van der Waals surface area contributed by atoms with Crippen molar-refractivity contribution in [2.24, 2.45) is 0 Å². The molecule has 0 N–H and O–H groups in total. The van der Waals surface area contributed by atoms with Crippen LogP contribution in [0, 0.1) is 0 Å². The van der Waals surface area contributed by atoms with E-state index >= 15 is 0 Å². The summed E-state index contributed by atoms with van der Waals surface area (Å²) < 4.78 is 9.98. The summed E-state index contributed by atoms with van der Waals surface area (Å²) >= 11 is 0. The molecular formula is C6H14O2Si. The second-order valence-corrected chi connectivity index (χ2v) is 3.14. The Kier molecular flexibility index (Phi) is 6.35. The van der Waals surface area contributed by atoms with Crippen LogP contribution in [0.2, 0.25) is 6.04 Å². The lowest BCUT2D eigenvalue weighted by Crippen LogP contribution is -2.20. The van der Waals surface area contributed by atoms with Gasteiger partial charge in [0.2, 0.25) is 0 Å². The average molecular weight is 146 g/mol. The standard InChI is InChI=1S/C6H14O2Si/c1-4-5-9-6(7-2)8-3/h6H,4-5H2,1-3H3. The number of hydrogen-bond acceptors (Lipinski definition) is 2. The molecule has 0 fully saturated rings. The number of rotatable bonds is 5. The molecule has 0 spiro atoms. The van der Waals surface area contributed by atoms with Crippen LogP contribution in [-0.2, 0) is 9.47 Å². The van der Waals surface area contributed by atoms with Crippen molar-refractivity contribution in [2.75, 3.05) is 14.2 Å². The van der Waals surface area contributed by atoms with Gasteiger partial charge in [-0.1, -0.05) is 19.4 Å². The van der Waals surface area contributed by atoms with Gasteiger partial charge in [0.15, 0.2) is 0 Å². The van der Waals surface area contributed by atoms with Crippen LogP contribution in [0.25, 0.3) is 0 Å². The molecule has 3 heteroatoms. The van der Waals surface area contributed by atoms with Gasteiger partial charge in [0.1, 0.15) is 15.4 Å². The zero-order valence-electron chi connectivity index (χ0n) is 6.31. The van der Waals surface area contributed by atoms with Crippen molar-refractivity contribution in [3.63, 3.8) is 0 Å². The molecule has 0 atom stereocenters. The zero-order valence-corrected chi connectivity index (χ0v) is 7.31. The van der Waals surface area contributed by atoms with E-state index in [0.29, 0.717) is 0 Å². The highest BCUT2D eigenvalue weighted by Gasteiger charge is 2.03. The molecule has 0 aliphatic carbocycles. The first-order valence-corrected chi connectivity index (χ1v) is 4.42. The van der Waals surface area contributed by atoms with Crippen molar-refractivity contribution in [1.82, 2.24) is 0 Å². The van der Waals surface area contributed by atoms with Crippen LogP contribution < -0.4 is 0 Å². The van der Waals surface area contributed by atoms with Crippen molar-refractivity contribution in [1.29, 1.82) is 0 Å². The molecule has 0 amide bonds. The summed E-state index contributed by atoms with van der Waals surface area (Å²) in [6, 6.07) is 1.20. The van der Waals surface area contributed by atoms with Crippen molar-refractivity contribution in [3.05, 3.63) is 0 Å². The Morgan fingerprint density at radius 2 is 1.89 bits per heavy atom. The van der Waals surface area contributed by atoms with E-state index in [1.165, 1.54) is 12.5 Å². The summed E-state index contributed by atoms with van der Waals surface area (Å²) in [5.41, 5.74) is 0. The molecule has 2 nitrogen and oxygen atoms in total. The van der Waals surface area contributed by atoms with E-state index in [1.807, 2.05) is 0 Å². The summed E-state index contributed by atoms with van der Waals surface area (Å²) in [6.07, 6.45) is 1.21. The first-order chi connectivity index (χ1) is 4.35. The van der Waals surface area contributed by atoms with Crippen LogP contribution >= 0.6 is 0 Å². The Morgan fingerprint density at radius 3 is 2.22 bits per heavy atom. The van der Waals surface area contributed by atoms with Crippen LogP contribution in [-0.4, -0.2) is 29.7 Å². The first kappa shape index (κ1) is 9.14. The van der Waals surface area contributed by atoms with Gasteiger partial charge in [0.25, 0.3) is 0 Å². The van der Waals surface area contributed by atoms with Gasteiger partial charge in [0.05, 0.1) is 0 Å². The van der Waals surface area contributed by atoms with Gasteiger partial charge in [0, 0.05) is 14.2 Å². The molecule has 0 bridgehead atoms. The summed E-state index contributed by atoms with van der Waals surface area (Å²) in [5, 5.41) is 0. The van der Waals surface area contributed by atoms with E-state index in [0.717, 1.165) is 9.52 Å². The highest BCUT2D eigenvalue weighted by atomic mass is 28.2. The monoisotopic (exact) mass is 146 g/mol. The minimum absolute atomic E-state index is 0.0324. The lowest BCUT2D eigenvalue weighted by Gasteiger charge is -2.10. The molecule has 0 aromatic carbocycles. The number of methoxy groups -OCH3 is 2. The summed E-state index contributed by atoms with van der Waals surface area (Å²) in [7, 11) is 4.13. The molecule has 0 aromatic rings. The topological polar surface area (TPSA) is 18.5 Å². The van der Waals surface area contributed by atoms with Gasteiger partial charge >= 0.3 is 0 Å². The van der Waals surface area contributed by atoms with E-state index < -0.39 is 0 Å². The summed E-state index contributed by atoms with van der Waals surface area (Å²) in [6.45, 7) is 2.16. The highest BCUT2D eigenvalue weighted by molar-refractivity contribution is 6.36. The fourth-order valence-electron chi connectivity index (χ4n) is 0.525. The van der Waals surface area contributed by atoms with Crippen LogP contribution in [0.4, 0.5) is 0 Å². The third-order valence-electron chi connectivity index (χ3n) is 0.989. The summed E-state index contributed by atoms with van der Waals surface area (Å²) in [4.78, 5) is 0. The van der Waals surface area contributed by atoms with Crippen LogP contribution in [0.3, 0.4) is 0 Å². The van der Waals surface area contributed by atoms with Crippen LogP contribution in [0.5, 0.6) is 0 Å². The molecule has 2 radical (unpaired) electrons. The zero-order chi connectivity index (χ0) is 7.11. The highest BCUT2D eigenvalue weighted by Crippen LogP contribution is 1.94. The minimum Gasteiger partial charge on any atom is -0.360 e. The van der Waals surface area contributed by atoms with Crippen LogP contribution in [0.15, 0.2) is 0 Å².